The van der Waals surface area contributed by atoms with Crippen molar-refractivity contribution < 1.29 is 9.59 Å². The highest BCUT2D eigenvalue weighted by atomic mass is 79.9. The summed E-state index contributed by atoms with van der Waals surface area (Å²) < 4.78 is 0.840. The van der Waals surface area contributed by atoms with E-state index in [-0.39, 0.29) is 24.8 Å². The number of carbonyl (C=O) groups is 2. The van der Waals surface area contributed by atoms with Crippen LogP contribution in [0, 0.1) is 0 Å². The monoisotopic (exact) mass is 428 g/mol. The maximum Gasteiger partial charge on any atom is 0.251 e. The summed E-state index contributed by atoms with van der Waals surface area (Å²) in [5.74, 6) is -0.389. The lowest BCUT2D eigenvalue weighted by Crippen LogP contribution is -2.32. The van der Waals surface area contributed by atoms with E-state index in [0.29, 0.717) is 21.3 Å². The molecule has 0 radical (unpaired) electrons. The second kappa shape index (κ2) is 8.51. The van der Waals surface area contributed by atoms with Crippen molar-refractivity contribution >= 4 is 56.6 Å². The Morgan fingerprint density at radius 1 is 1.12 bits per heavy atom. The van der Waals surface area contributed by atoms with Crippen LogP contribution in [0.1, 0.15) is 16.8 Å². The van der Waals surface area contributed by atoms with Gasteiger partial charge >= 0.3 is 0 Å². The molecule has 2 rings (SSSR count). The molecule has 0 aliphatic rings. The van der Waals surface area contributed by atoms with Gasteiger partial charge in [0.15, 0.2) is 0 Å². The zero-order valence-electron chi connectivity index (χ0n) is 12.9. The highest BCUT2D eigenvalue weighted by molar-refractivity contribution is 9.10. The predicted molar refractivity (Wildman–Crippen MR) is 101 cm³/mol. The third-order valence-electron chi connectivity index (χ3n) is 3.38. The summed E-state index contributed by atoms with van der Waals surface area (Å²) >= 11 is 15.2. The molecule has 4 nitrogen and oxygen atoms in total. The van der Waals surface area contributed by atoms with Crippen molar-refractivity contribution in [1.82, 2.24) is 5.32 Å². The third kappa shape index (κ3) is 4.97. The van der Waals surface area contributed by atoms with Crippen molar-refractivity contribution in [2.75, 3.05) is 18.5 Å². The number of nitrogens with zero attached hydrogens (tertiary/aromatic N) is 1. The maximum atomic E-state index is 12.2. The predicted octanol–water partition coefficient (Wildman–Crippen LogP) is 4.54. The van der Waals surface area contributed by atoms with E-state index in [9.17, 15) is 9.59 Å². The van der Waals surface area contributed by atoms with E-state index in [4.69, 9.17) is 23.2 Å². The fourth-order valence-electron chi connectivity index (χ4n) is 2.04. The lowest BCUT2D eigenvalue weighted by molar-refractivity contribution is -0.118. The number of hydrogen-bond acceptors (Lipinski definition) is 2. The number of carbonyl (C=O) groups excluding carboxylic acids is 2. The van der Waals surface area contributed by atoms with Crippen LogP contribution in [0.15, 0.2) is 46.9 Å². The van der Waals surface area contributed by atoms with Gasteiger partial charge in [-0.15, -0.1) is 0 Å². The molecule has 1 N–H and O–H groups in total. The number of benzene rings is 2. The topological polar surface area (TPSA) is 49.4 Å². The van der Waals surface area contributed by atoms with Gasteiger partial charge in [0, 0.05) is 35.1 Å². The molecule has 126 valence electrons. The number of anilines is 1. The first kappa shape index (κ1) is 18.8. The van der Waals surface area contributed by atoms with Gasteiger partial charge in [-0.3, -0.25) is 9.59 Å². The highest BCUT2D eigenvalue weighted by Gasteiger charge is 2.14. The lowest BCUT2D eigenvalue weighted by Gasteiger charge is -2.19. The van der Waals surface area contributed by atoms with Crippen LogP contribution in [-0.2, 0) is 4.79 Å². The molecule has 0 heterocycles. The molecule has 24 heavy (non-hydrogen) atoms. The largest absolute Gasteiger partial charge is 0.352 e. The van der Waals surface area contributed by atoms with Crippen LogP contribution in [0.25, 0.3) is 0 Å². The first-order valence-corrected chi connectivity index (χ1v) is 8.69. The SMILES string of the molecule is CN(C(=O)CCNC(=O)c1ccc(Cl)cc1)c1ccc(Br)cc1Cl. The van der Waals surface area contributed by atoms with Gasteiger partial charge in [-0.1, -0.05) is 39.1 Å². The van der Waals surface area contributed by atoms with Crippen LogP contribution in [-0.4, -0.2) is 25.4 Å². The summed E-state index contributed by atoms with van der Waals surface area (Å²) in [5, 5.41) is 3.75. The Bertz CT molecular complexity index is 751. The van der Waals surface area contributed by atoms with Crippen LogP contribution in [0.4, 0.5) is 5.69 Å². The lowest BCUT2D eigenvalue weighted by atomic mass is 10.2. The van der Waals surface area contributed by atoms with Crippen LogP contribution in [0.5, 0.6) is 0 Å². The fraction of sp³-hybridized carbons (Fsp3) is 0.176. The number of nitrogens with one attached hydrogen (secondary N) is 1. The van der Waals surface area contributed by atoms with E-state index in [0.717, 1.165) is 4.47 Å². The van der Waals surface area contributed by atoms with Crippen molar-refractivity contribution in [3.8, 4) is 0 Å². The normalized spacial score (nSPS) is 10.3. The standard InChI is InChI=1S/C17H15BrCl2N2O2/c1-22(15-7-4-12(18)10-14(15)20)16(23)8-9-21-17(24)11-2-5-13(19)6-3-11/h2-7,10H,8-9H2,1H3,(H,21,24). The summed E-state index contributed by atoms with van der Waals surface area (Å²) in [5.41, 5.74) is 1.12. The van der Waals surface area contributed by atoms with Crippen LogP contribution in [0.3, 0.4) is 0 Å². The fourth-order valence-corrected chi connectivity index (χ4v) is 2.97. The molecular weight excluding hydrogens is 415 g/mol. The molecular formula is C17H15BrCl2N2O2. The molecule has 2 amide bonds. The summed E-state index contributed by atoms with van der Waals surface area (Å²) in [6.07, 6.45) is 0.169. The van der Waals surface area contributed by atoms with Gasteiger partial charge < -0.3 is 10.2 Å². The Hall–Kier alpha value is -1.56. The Morgan fingerprint density at radius 3 is 2.42 bits per heavy atom. The molecule has 0 aromatic heterocycles. The highest BCUT2D eigenvalue weighted by Crippen LogP contribution is 2.28. The molecule has 0 bridgehead atoms. The molecule has 0 atom stereocenters. The Labute approximate surface area is 158 Å². The van der Waals surface area contributed by atoms with Crippen molar-refractivity contribution in [3.05, 3.63) is 62.5 Å². The summed E-state index contributed by atoms with van der Waals surface area (Å²) in [6.45, 7) is 0.235. The van der Waals surface area contributed by atoms with Gasteiger partial charge in [0.1, 0.15) is 0 Å². The number of amides is 2. The second-order valence-corrected chi connectivity index (χ2v) is 6.82. The van der Waals surface area contributed by atoms with E-state index in [1.807, 2.05) is 6.07 Å². The van der Waals surface area contributed by atoms with E-state index < -0.39 is 0 Å². The molecule has 2 aromatic rings. The van der Waals surface area contributed by atoms with Gasteiger partial charge in [-0.2, -0.15) is 0 Å². The molecule has 7 heteroatoms. The molecule has 0 aliphatic heterocycles. The smallest absolute Gasteiger partial charge is 0.251 e. The van der Waals surface area contributed by atoms with Crippen molar-refractivity contribution in [1.29, 1.82) is 0 Å². The molecule has 0 unspecified atom stereocenters. The Kier molecular flexibility index (Phi) is 6.66. The molecule has 0 spiro atoms. The summed E-state index contributed by atoms with van der Waals surface area (Å²) in [6, 6.07) is 11.9. The van der Waals surface area contributed by atoms with Crippen molar-refractivity contribution in [2.45, 2.75) is 6.42 Å². The van der Waals surface area contributed by atoms with E-state index >= 15 is 0 Å². The molecule has 2 aromatic carbocycles. The first-order valence-electron chi connectivity index (χ1n) is 7.14. The molecule has 0 saturated carbocycles. The van der Waals surface area contributed by atoms with Gasteiger partial charge in [-0.25, -0.2) is 0 Å². The number of halogens is 3. The summed E-state index contributed by atoms with van der Waals surface area (Å²) in [4.78, 5) is 25.7. The average molecular weight is 430 g/mol. The van der Waals surface area contributed by atoms with E-state index in [1.165, 1.54) is 4.90 Å². The average Bonchev–Trinajstić information content (AvgIpc) is 2.54. The summed E-state index contributed by atoms with van der Waals surface area (Å²) in [7, 11) is 1.65. The van der Waals surface area contributed by atoms with Gasteiger partial charge in [-0.05, 0) is 42.5 Å². The van der Waals surface area contributed by atoms with Crippen LogP contribution < -0.4 is 10.2 Å². The second-order valence-electron chi connectivity index (χ2n) is 5.06. The van der Waals surface area contributed by atoms with E-state index in [1.54, 1.807) is 43.4 Å². The minimum atomic E-state index is -0.246. The number of hydrogen-bond donors (Lipinski definition) is 1. The van der Waals surface area contributed by atoms with Crippen LogP contribution in [0.2, 0.25) is 10.0 Å². The van der Waals surface area contributed by atoms with Gasteiger partial charge in [0.25, 0.3) is 5.91 Å². The van der Waals surface area contributed by atoms with Crippen molar-refractivity contribution in [3.63, 3.8) is 0 Å². The minimum Gasteiger partial charge on any atom is -0.352 e. The molecule has 0 saturated heterocycles. The number of rotatable bonds is 5. The maximum absolute atomic E-state index is 12.2. The zero-order valence-corrected chi connectivity index (χ0v) is 16.0. The van der Waals surface area contributed by atoms with Crippen LogP contribution >= 0.6 is 39.1 Å². The quantitative estimate of drug-likeness (QED) is 0.758. The Morgan fingerprint density at radius 2 is 1.79 bits per heavy atom. The first-order chi connectivity index (χ1) is 11.4. The van der Waals surface area contributed by atoms with Crippen molar-refractivity contribution in [2.24, 2.45) is 0 Å². The van der Waals surface area contributed by atoms with Gasteiger partial charge in [0.05, 0.1) is 10.7 Å². The third-order valence-corrected chi connectivity index (χ3v) is 4.42. The minimum absolute atomic E-state index is 0.143. The molecule has 0 fully saturated rings. The zero-order chi connectivity index (χ0) is 17.7. The van der Waals surface area contributed by atoms with E-state index in [2.05, 4.69) is 21.2 Å². The van der Waals surface area contributed by atoms with Gasteiger partial charge in [0.2, 0.25) is 5.91 Å². The Balaban J connectivity index is 1.88. The molecule has 0 aliphatic carbocycles.